The van der Waals surface area contributed by atoms with Crippen molar-refractivity contribution in [1.29, 1.82) is 0 Å². The molecule has 0 amide bonds. The molecule has 1 aliphatic heterocycles. The quantitative estimate of drug-likeness (QED) is 0.267. The largest absolute Gasteiger partial charge is 0.446 e. The van der Waals surface area contributed by atoms with E-state index < -0.39 is 0 Å². The van der Waals surface area contributed by atoms with E-state index in [9.17, 15) is 0 Å². The van der Waals surface area contributed by atoms with Gasteiger partial charge in [0.05, 0.1) is 20.1 Å². The van der Waals surface area contributed by atoms with Gasteiger partial charge in [0.2, 0.25) is 0 Å². The number of rotatable bonds is 0. The van der Waals surface area contributed by atoms with Gasteiger partial charge < -0.3 is 9.47 Å². The topological polar surface area (TPSA) is 18.5 Å². The van der Waals surface area contributed by atoms with Crippen molar-refractivity contribution in [2.24, 2.45) is 0 Å². The van der Waals surface area contributed by atoms with Gasteiger partial charge in [-0.25, -0.2) is 0 Å². The minimum Gasteiger partial charge on any atom is -0.446 e. The Bertz CT molecular complexity index is 788. The molecule has 2 aromatic carbocycles. The van der Waals surface area contributed by atoms with Crippen molar-refractivity contribution in [2.75, 3.05) is 0 Å². The van der Waals surface area contributed by atoms with Gasteiger partial charge >= 0.3 is 0 Å². The number of hydrogen-bond acceptors (Lipinski definition) is 2. The van der Waals surface area contributed by atoms with Crippen LogP contribution in [0.1, 0.15) is 0 Å². The lowest BCUT2D eigenvalue weighted by molar-refractivity contribution is 0.360. The van der Waals surface area contributed by atoms with E-state index in [0.717, 1.165) is 0 Å². The summed E-state index contributed by atoms with van der Waals surface area (Å²) < 4.78 is 11.3. The molecule has 0 aromatic heterocycles. The van der Waals surface area contributed by atoms with Crippen LogP contribution in [0.5, 0.6) is 23.0 Å². The van der Waals surface area contributed by atoms with Crippen LogP contribution in [0.3, 0.4) is 0 Å². The van der Waals surface area contributed by atoms with Crippen molar-refractivity contribution in [1.82, 2.24) is 0 Å². The molecule has 2 nitrogen and oxygen atoms in total. The van der Waals surface area contributed by atoms with E-state index in [1.54, 1.807) is 0 Å². The number of fused-ring (bicyclic) bond motifs is 2. The molecule has 21 heavy (non-hydrogen) atoms. The molecule has 9 heteroatoms. The predicted octanol–water partition coefficient (Wildman–Crippen LogP) is 8.16. The molecule has 0 radical (unpaired) electrons. The standard InChI is InChI=1S/C12HCl7O2/c13-2-1-3(14)9-10(4(2)15)21-12-8(19)6(17)5(16)7(18)11(12)20-9/h1H. The molecule has 2 aromatic rings. The number of halogens is 7. The highest BCUT2D eigenvalue weighted by Crippen LogP contribution is 2.60. The molecule has 0 N–H and O–H groups in total. The maximum atomic E-state index is 6.10. The van der Waals surface area contributed by atoms with Gasteiger partial charge in [-0.15, -0.1) is 0 Å². The lowest BCUT2D eigenvalue weighted by Crippen LogP contribution is -2.02. The van der Waals surface area contributed by atoms with Gasteiger partial charge in [-0.2, -0.15) is 0 Å². The molecule has 0 saturated carbocycles. The smallest absolute Gasteiger partial charge is 0.191 e. The average molecular weight is 425 g/mol. The summed E-state index contributed by atoms with van der Waals surface area (Å²) in [6.45, 7) is 0. The summed E-state index contributed by atoms with van der Waals surface area (Å²) in [7, 11) is 0. The van der Waals surface area contributed by atoms with E-state index in [1.165, 1.54) is 6.07 Å². The van der Waals surface area contributed by atoms with Gasteiger partial charge in [0.25, 0.3) is 0 Å². The van der Waals surface area contributed by atoms with Crippen LogP contribution in [0, 0.1) is 0 Å². The van der Waals surface area contributed by atoms with E-state index in [1.807, 2.05) is 0 Å². The summed E-state index contributed by atoms with van der Waals surface area (Å²) in [5.74, 6) is 0.473. The van der Waals surface area contributed by atoms with E-state index >= 15 is 0 Å². The Morgan fingerprint density at radius 2 is 0.905 bits per heavy atom. The van der Waals surface area contributed by atoms with Gasteiger partial charge in [0, 0.05) is 0 Å². The summed E-state index contributed by atoms with van der Waals surface area (Å²) in [5.41, 5.74) is 0. The van der Waals surface area contributed by atoms with Crippen LogP contribution in [0.4, 0.5) is 0 Å². The third-order valence-electron chi connectivity index (χ3n) is 2.68. The molecule has 3 rings (SSSR count). The monoisotopic (exact) mass is 422 g/mol. The first-order chi connectivity index (χ1) is 9.82. The zero-order valence-electron chi connectivity index (χ0n) is 9.54. The highest BCUT2D eigenvalue weighted by molar-refractivity contribution is 6.53. The van der Waals surface area contributed by atoms with Gasteiger partial charge in [-0.05, 0) is 6.07 Å². The van der Waals surface area contributed by atoms with E-state index in [-0.39, 0.29) is 58.2 Å². The Kier molecular flexibility index (Phi) is 4.26. The first kappa shape index (κ1) is 15.9. The molecular weight excluding hydrogens is 424 g/mol. The van der Waals surface area contributed by atoms with E-state index in [2.05, 4.69) is 0 Å². The normalized spacial score (nSPS) is 12.3. The second-order valence-electron chi connectivity index (χ2n) is 3.93. The van der Waals surface area contributed by atoms with Crippen molar-refractivity contribution >= 4 is 81.2 Å². The minimum atomic E-state index is 0.0402. The lowest BCUT2D eigenvalue weighted by atomic mass is 10.2. The maximum absolute atomic E-state index is 6.10. The van der Waals surface area contributed by atoms with E-state index in [0.29, 0.717) is 0 Å². The number of ether oxygens (including phenoxy) is 2. The van der Waals surface area contributed by atoms with Crippen molar-refractivity contribution < 1.29 is 9.47 Å². The van der Waals surface area contributed by atoms with Crippen LogP contribution in [0.2, 0.25) is 35.2 Å². The lowest BCUT2D eigenvalue weighted by Gasteiger charge is -2.25. The minimum absolute atomic E-state index is 0.0402. The fourth-order valence-electron chi connectivity index (χ4n) is 1.72. The Labute approximate surface area is 154 Å². The van der Waals surface area contributed by atoms with Crippen LogP contribution >= 0.6 is 81.2 Å². The van der Waals surface area contributed by atoms with Crippen LogP contribution in [-0.4, -0.2) is 0 Å². The van der Waals surface area contributed by atoms with Crippen LogP contribution in [-0.2, 0) is 0 Å². The Morgan fingerprint density at radius 1 is 0.476 bits per heavy atom. The molecule has 0 bridgehead atoms. The van der Waals surface area contributed by atoms with Gasteiger partial charge in [0.1, 0.15) is 15.1 Å². The van der Waals surface area contributed by atoms with Gasteiger partial charge in [-0.3, -0.25) is 0 Å². The van der Waals surface area contributed by atoms with Gasteiger partial charge in [0.15, 0.2) is 23.0 Å². The Hall–Kier alpha value is 0.0700. The molecule has 0 spiro atoms. The summed E-state index contributed by atoms with van der Waals surface area (Å²) >= 11 is 42.2. The SMILES string of the molecule is Clc1cc(Cl)c2c(c1Cl)Oc1c(Cl)c(Cl)c(Cl)c(Cl)c1O2. The van der Waals surface area contributed by atoms with Crippen molar-refractivity contribution in [2.45, 2.75) is 0 Å². The molecule has 1 heterocycles. The summed E-state index contributed by atoms with van der Waals surface area (Å²) in [6, 6.07) is 1.42. The average Bonchev–Trinajstić information content (AvgIpc) is 2.47. The maximum Gasteiger partial charge on any atom is 0.191 e. The molecule has 0 fully saturated rings. The first-order valence-electron chi connectivity index (χ1n) is 5.22. The first-order valence-corrected chi connectivity index (χ1v) is 7.86. The summed E-state index contributed by atoms with van der Waals surface area (Å²) in [6.07, 6.45) is 0. The Balaban J connectivity index is 2.30. The zero-order valence-corrected chi connectivity index (χ0v) is 14.8. The highest BCUT2D eigenvalue weighted by Gasteiger charge is 2.32. The summed E-state index contributed by atoms with van der Waals surface area (Å²) in [4.78, 5) is 0. The number of hydrogen-bond donors (Lipinski definition) is 0. The third kappa shape index (κ3) is 2.42. The molecular formula is C12HCl7O2. The van der Waals surface area contributed by atoms with Crippen LogP contribution in [0.15, 0.2) is 6.07 Å². The molecule has 0 saturated heterocycles. The number of benzene rings is 2. The van der Waals surface area contributed by atoms with Gasteiger partial charge in [-0.1, -0.05) is 81.2 Å². The van der Waals surface area contributed by atoms with Crippen molar-refractivity contribution in [3.05, 3.63) is 41.2 Å². The molecule has 1 aliphatic rings. The summed E-state index contributed by atoms with van der Waals surface area (Å²) in [5, 5.41) is 0.703. The highest BCUT2D eigenvalue weighted by atomic mass is 35.5. The fourth-order valence-corrected chi connectivity index (χ4v) is 3.28. The molecule has 110 valence electrons. The van der Waals surface area contributed by atoms with E-state index in [4.69, 9.17) is 90.7 Å². The molecule has 0 atom stereocenters. The van der Waals surface area contributed by atoms with Crippen LogP contribution < -0.4 is 9.47 Å². The Morgan fingerprint density at radius 3 is 1.43 bits per heavy atom. The van der Waals surface area contributed by atoms with Crippen LogP contribution in [0.25, 0.3) is 0 Å². The molecule has 0 unspecified atom stereocenters. The molecule has 0 aliphatic carbocycles. The second-order valence-corrected chi connectivity index (χ2v) is 6.63. The predicted molar refractivity (Wildman–Crippen MR) is 88.1 cm³/mol. The fraction of sp³-hybridized carbons (Fsp3) is 0. The third-order valence-corrected chi connectivity index (χ3v) is 5.50. The zero-order chi connectivity index (χ0) is 15.5. The second kappa shape index (κ2) is 5.61. The van der Waals surface area contributed by atoms with Crippen molar-refractivity contribution in [3.8, 4) is 23.0 Å². The van der Waals surface area contributed by atoms with Crippen molar-refractivity contribution in [3.63, 3.8) is 0 Å².